The van der Waals surface area contributed by atoms with E-state index in [1.54, 1.807) is 24.8 Å². The van der Waals surface area contributed by atoms with Gasteiger partial charge < -0.3 is 20.2 Å². The summed E-state index contributed by atoms with van der Waals surface area (Å²) in [6, 6.07) is 8.63. The number of carboxylic acid groups (broad SMARTS) is 1. The van der Waals surface area contributed by atoms with Crippen LogP contribution in [0.25, 0.3) is 0 Å². The normalized spacial score (nSPS) is 13.6. The number of carbonyl (C=O) groups is 2. The SMILES string of the molecule is CC(C)c1cc(C(=O)N2Cc3ccc(CNC(C)(C)C(=O)O)cc3C2)c(O)cc1O. The molecule has 160 valence electrons. The van der Waals surface area contributed by atoms with Crippen LogP contribution in [0.5, 0.6) is 11.5 Å². The Labute approximate surface area is 176 Å². The first kappa shape index (κ1) is 21.6. The first-order chi connectivity index (χ1) is 14.0. The number of nitrogens with one attached hydrogen (secondary N) is 1. The van der Waals surface area contributed by atoms with Crippen molar-refractivity contribution in [2.24, 2.45) is 0 Å². The lowest BCUT2D eigenvalue weighted by molar-refractivity contribution is -0.143. The van der Waals surface area contributed by atoms with E-state index < -0.39 is 11.5 Å². The summed E-state index contributed by atoms with van der Waals surface area (Å²) >= 11 is 0. The van der Waals surface area contributed by atoms with Gasteiger partial charge in [0.2, 0.25) is 0 Å². The summed E-state index contributed by atoms with van der Waals surface area (Å²) in [4.78, 5) is 26.0. The molecule has 0 saturated heterocycles. The molecule has 30 heavy (non-hydrogen) atoms. The number of fused-ring (bicyclic) bond motifs is 1. The molecule has 0 atom stereocenters. The van der Waals surface area contributed by atoms with Gasteiger partial charge in [0.25, 0.3) is 5.91 Å². The van der Waals surface area contributed by atoms with Gasteiger partial charge in [0.1, 0.15) is 17.0 Å². The highest BCUT2D eigenvalue weighted by atomic mass is 16.4. The molecule has 0 radical (unpaired) electrons. The molecule has 1 aliphatic rings. The topological polar surface area (TPSA) is 110 Å². The Balaban J connectivity index is 1.76. The van der Waals surface area contributed by atoms with Crippen LogP contribution < -0.4 is 5.32 Å². The maximum atomic E-state index is 13.0. The number of hydrogen-bond acceptors (Lipinski definition) is 5. The molecule has 0 aromatic heterocycles. The zero-order valence-corrected chi connectivity index (χ0v) is 17.7. The van der Waals surface area contributed by atoms with Crippen LogP contribution >= 0.6 is 0 Å². The van der Waals surface area contributed by atoms with Gasteiger partial charge in [-0.1, -0.05) is 32.0 Å². The molecule has 0 spiro atoms. The number of nitrogens with zero attached hydrogens (tertiary/aromatic N) is 1. The number of carboxylic acids is 1. The molecule has 7 heteroatoms. The van der Waals surface area contributed by atoms with Crippen molar-refractivity contribution in [1.82, 2.24) is 10.2 Å². The fourth-order valence-electron chi connectivity index (χ4n) is 3.50. The molecule has 3 rings (SSSR count). The van der Waals surface area contributed by atoms with Crippen LogP contribution in [0.15, 0.2) is 30.3 Å². The molecule has 1 heterocycles. The minimum Gasteiger partial charge on any atom is -0.508 e. The number of aliphatic carboxylic acids is 1. The summed E-state index contributed by atoms with van der Waals surface area (Å²) in [5.41, 5.74) is 2.71. The van der Waals surface area contributed by atoms with Crippen LogP contribution in [0, 0.1) is 0 Å². The fourth-order valence-corrected chi connectivity index (χ4v) is 3.50. The third-order valence-electron chi connectivity index (χ3n) is 5.55. The van der Waals surface area contributed by atoms with Crippen molar-refractivity contribution in [2.75, 3.05) is 0 Å². The third kappa shape index (κ3) is 4.26. The second kappa shape index (κ2) is 7.99. The monoisotopic (exact) mass is 412 g/mol. The maximum Gasteiger partial charge on any atom is 0.323 e. The number of aromatic hydroxyl groups is 2. The molecule has 0 fully saturated rings. The Morgan fingerprint density at radius 2 is 1.73 bits per heavy atom. The summed E-state index contributed by atoms with van der Waals surface area (Å²) in [7, 11) is 0. The highest BCUT2D eigenvalue weighted by Crippen LogP contribution is 2.34. The molecule has 0 unspecified atom stereocenters. The van der Waals surface area contributed by atoms with Crippen LogP contribution in [-0.4, -0.2) is 37.6 Å². The quantitative estimate of drug-likeness (QED) is 0.579. The molecule has 0 saturated carbocycles. The fraction of sp³-hybridized carbons (Fsp3) is 0.391. The second-order valence-electron chi connectivity index (χ2n) is 8.63. The number of carbonyl (C=O) groups excluding carboxylic acids is 1. The number of phenols is 2. The van der Waals surface area contributed by atoms with Crippen LogP contribution in [0.2, 0.25) is 0 Å². The average Bonchev–Trinajstić information content (AvgIpc) is 3.09. The summed E-state index contributed by atoms with van der Waals surface area (Å²) < 4.78 is 0. The van der Waals surface area contributed by atoms with E-state index in [9.17, 15) is 24.9 Å². The lowest BCUT2D eigenvalue weighted by Crippen LogP contribution is -2.46. The van der Waals surface area contributed by atoms with Gasteiger partial charge in [0.15, 0.2) is 0 Å². The minimum atomic E-state index is -1.04. The predicted octanol–water partition coefficient (Wildman–Crippen LogP) is 3.33. The van der Waals surface area contributed by atoms with E-state index in [1.807, 2.05) is 32.0 Å². The number of benzene rings is 2. The summed E-state index contributed by atoms with van der Waals surface area (Å²) in [5, 5.41) is 32.5. The van der Waals surface area contributed by atoms with Gasteiger partial charge in [-0.15, -0.1) is 0 Å². The van der Waals surface area contributed by atoms with Crippen molar-refractivity contribution in [3.05, 3.63) is 58.1 Å². The Morgan fingerprint density at radius 3 is 2.37 bits per heavy atom. The third-order valence-corrected chi connectivity index (χ3v) is 5.55. The standard InChI is InChI=1S/C23H28N2O5/c1-13(2)17-8-18(20(27)9-19(17)26)21(28)25-11-15-6-5-14(7-16(15)12-25)10-24-23(3,4)22(29)30/h5-9,13,24,26-27H,10-12H2,1-4H3,(H,29,30). The number of rotatable bonds is 6. The molecule has 1 aliphatic heterocycles. The Kier molecular flexibility index (Phi) is 5.76. The number of hydrogen-bond donors (Lipinski definition) is 4. The van der Waals surface area contributed by atoms with E-state index >= 15 is 0 Å². The van der Waals surface area contributed by atoms with Gasteiger partial charge in [-0.25, -0.2) is 0 Å². The minimum absolute atomic E-state index is 0.0121. The van der Waals surface area contributed by atoms with Crippen LogP contribution in [-0.2, 0) is 24.4 Å². The first-order valence-corrected chi connectivity index (χ1v) is 9.94. The molecule has 2 aromatic carbocycles. The van der Waals surface area contributed by atoms with Gasteiger partial charge in [-0.3, -0.25) is 14.9 Å². The summed E-state index contributed by atoms with van der Waals surface area (Å²) in [6.45, 7) is 8.27. The first-order valence-electron chi connectivity index (χ1n) is 9.94. The maximum absolute atomic E-state index is 13.0. The predicted molar refractivity (Wildman–Crippen MR) is 112 cm³/mol. The van der Waals surface area contributed by atoms with E-state index in [2.05, 4.69) is 5.32 Å². The molecular weight excluding hydrogens is 384 g/mol. The van der Waals surface area contributed by atoms with E-state index in [0.717, 1.165) is 16.7 Å². The van der Waals surface area contributed by atoms with E-state index in [0.29, 0.717) is 25.2 Å². The van der Waals surface area contributed by atoms with E-state index in [1.165, 1.54) is 6.07 Å². The molecule has 0 bridgehead atoms. The lowest BCUT2D eigenvalue weighted by Gasteiger charge is -2.21. The van der Waals surface area contributed by atoms with E-state index in [-0.39, 0.29) is 28.9 Å². The average molecular weight is 412 g/mol. The zero-order chi connectivity index (χ0) is 22.2. The molecule has 1 amide bonds. The van der Waals surface area contributed by atoms with Gasteiger partial charge in [0, 0.05) is 25.7 Å². The Hall–Kier alpha value is -3.06. The van der Waals surface area contributed by atoms with Gasteiger partial charge in [-0.05, 0) is 48.1 Å². The number of amides is 1. The van der Waals surface area contributed by atoms with Crippen molar-refractivity contribution in [2.45, 2.75) is 58.8 Å². The highest BCUT2D eigenvalue weighted by Gasteiger charge is 2.28. The van der Waals surface area contributed by atoms with Gasteiger partial charge in [-0.2, -0.15) is 0 Å². The summed E-state index contributed by atoms with van der Waals surface area (Å²) in [6.07, 6.45) is 0. The second-order valence-corrected chi connectivity index (χ2v) is 8.63. The molecular formula is C23H28N2O5. The molecule has 7 nitrogen and oxygen atoms in total. The van der Waals surface area contributed by atoms with Crippen molar-refractivity contribution >= 4 is 11.9 Å². The van der Waals surface area contributed by atoms with Gasteiger partial charge in [0.05, 0.1) is 5.56 Å². The van der Waals surface area contributed by atoms with Crippen molar-refractivity contribution in [3.8, 4) is 11.5 Å². The lowest BCUT2D eigenvalue weighted by atomic mass is 9.98. The van der Waals surface area contributed by atoms with Crippen LogP contribution in [0.1, 0.15) is 66.2 Å². The van der Waals surface area contributed by atoms with Crippen LogP contribution in [0.3, 0.4) is 0 Å². The highest BCUT2D eigenvalue weighted by molar-refractivity contribution is 5.97. The zero-order valence-electron chi connectivity index (χ0n) is 17.7. The smallest absolute Gasteiger partial charge is 0.323 e. The summed E-state index contributed by atoms with van der Waals surface area (Å²) in [5.74, 6) is -1.46. The Bertz CT molecular complexity index is 997. The van der Waals surface area contributed by atoms with Crippen molar-refractivity contribution in [1.29, 1.82) is 0 Å². The van der Waals surface area contributed by atoms with Crippen molar-refractivity contribution in [3.63, 3.8) is 0 Å². The molecule has 4 N–H and O–H groups in total. The van der Waals surface area contributed by atoms with Crippen molar-refractivity contribution < 1.29 is 24.9 Å². The largest absolute Gasteiger partial charge is 0.508 e. The molecule has 2 aromatic rings. The molecule has 0 aliphatic carbocycles. The Morgan fingerprint density at radius 1 is 1.07 bits per heavy atom. The van der Waals surface area contributed by atoms with Gasteiger partial charge >= 0.3 is 5.97 Å². The van der Waals surface area contributed by atoms with Crippen LogP contribution in [0.4, 0.5) is 0 Å². The van der Waals surface area contributed by atoms with E-state index in [4.69, 9.17) is 0 Å². The number of phenolic OH excluding ortho intramolecular Hbond substituents is 2.